The van der Waals surface area contributed by atoms with Gasteiger partial charge in [-0.15, -0.1) is 0 Å². The molecule has 17 heteroatoms. The molecule has 4 heterocycles. The fourth-order valence-corrected chi connectivity index (χ4v) is 4.61. The maximum Gasteiger partial charge on any atom is 0.490 e. The van der Waals surface area contributed by atoms with Gasteiger partial charge < -0.3 is 39.7 Å². The van der Waals surface area contributed by atoms with Crippen molar-refractivity contribution < 1.29 is 37.5 Å². The van der Waals surface area contributed by atoms with Crippen molar-refractivity contribution in [2.45, 2.75) is 19.1 Å². The summed E-state index contributed by atoms with van der Waals surface area (Å²) in [6.07, 6.45) is 4.33. The van der Waals surface area contributed by atoms with Gasteiger partial charge in [-0.1, -0.05) is 24.3 Å². The molecule has 0 saturated heterocycles. The van der Waals surface area contributed by atoms with E-state index in [-0.39, 0.29) is 17.5 Å². The smallest absolute Gasteiger partial charge is 0.475 e. The van der Waals surface area contributed by atoms with Gasteiger partial charge in [0.05, 0.1) is 17.7 Å². The summed E-state index contributed by atoms with van der Waals surface area (Å²) in [7, 11) is 7.49. The van der Waals surface area contributed by atoms with Crippen LogP contribution >= 0.6 is 0 Å². The van der Waals surface area contributed by atoms with E-state index in [0.717, 1.165) is 30.3 Å². The molecule has 0 aliphatic rings. The lowest BCUT2D eigenvalue weighted by Crippen LogP contribution is -2.21. The number of hydrogen-bond acceptors (Lipinski definition) is 7. The van der Waals surface area contributed by atoms with Crippen LogP contribution in [0.1, 0.15) is 37.9 Å². The number of fused-ring (bicyclic) bond motifs is 1. The van der Waals surface area contributed by atoms with Crippen molar-refractivity contribution in [1.82, 2.24) is 28.6 Å². The number of aryl methyl sites for hydroxylation is 3. The summed E-state index contributed by atoms with van der Waals surface area (Å²) in [5.74, 6) is -3.42. The molecule has 0 aliphatic heterocycles. The molecule has 3 amide bonds. The summed E-state index contributed by atoms with van der Waals surface area (Å²) in [6, 6.07) is 12.6. The van der Waals surface area contributed by atoms with Crippen LogP contribution in [0.15, 0.2) is 73.6 Å². The van der Waals surface area contributed by atoms with Crippen LogP contribution in [0.5, 0.6) is 0 Å². The number of aliphatic carboxylic acids is 1. The number of anilines is 3. The van der Waals surface area contributed by atoms with Crippen LogP contribution in [0.3, 0.4) is 0 Å². The molecule has 0 aliphatic carbocycles. The number of pyridine rings is 1. The Bertz CT molecular complexity index is 1980. The minimum atomic E-state index is -5.08. The standard InChI is InChI=1S/C30H33N9O3.C2HF3O2/c1-36(2)10-7-11-39-18-27(32-19-39)35-30(42)26-14-23(17-38(26)4)34-29(41)25-13-22(16-37(25)3)33-28(40)24-12-20-8-5-6-9-21(20)15-31-24;3-2(4,5)1(6)7/h5-6,8-9,12-19H,7,10-11H2,1-4H3,(H,33,40)(H,34,41)(H,35,42);(H,6,7). The number of aromatic nitrogens is 5. The second kappa shape index (κ2) is 15.3. The van der Waals surface area contributed by atoms with Crippen molar-refractivity contribution in [1.29, 1.82) is 0 Å². The van der Waals surface area contributed by atoms with Crippen LogP contribution in [0.4, 0.5) is 30.4 Å². The SMILES string of the molecule is CN(C)CCCn1cnc(NC(=O)c2cc(NC(=O)c3cc(NC(=O)c4cc5ccccc5cn4)cn3C)cn2C)c1.O=C(O)C(F)(F)F. The first-order chi connectivity index (χ1) is 23.1. The molecule has 4 aromatic heterocycles. The van der Waals surface area contributed by atoms with Gasteiger partial charge in [0.2, 0.25) is 0 Å². The van der Waals surface area contributed by atoms with E-state index in [0.29, 0.717) is 28.6 Å². The van der Waals surface area contributed by atoms with E-state index in [2.05, 4.69) is 30.8 Å². The molecule has 0 radical (unpaired) electrons. The average molecular weight is 682 g/mol. The first kappa shape index (κ1) is 35.9. The topological polar surface area (TPSA) is 168 Å². The van der Waals surface area contributed by atoms with Gasteiger partial charge in [-0.25, -0.2) is 9.78 Å². The van der Waals surface area contributed by atoms with Crippen LogP contribution in [-0.2, 0) is 25.4 Å². The molecule has 0 spiro atoms. The second-order valence-electron chi connectivity index (χ2n) is 11.2. The van der Waals surface area contributed by atoms with Crippen LogP contribution in [0.25, 0.3) is 10.8 Å². The summed E-state index contributed by atoms with van der Waals surface area (Å²) in [4.78, 5) is 58.3. The van der Waals surface area contributed by atoms with Crippen molar-refractivity contribution in [3.05, 3.63) is 90.7 Å². The third-order valence-electron chi connectivity index (χ3n) is 6.99. The van der Waals surface area contributed by atoms with Gasteiger partial charge in [-0.2, -0.15) is 13.2 Å². The van der Waals surface area contributed by atoms with Crippen molar-refractivity contribution in [3.8, 4) is 0 Å². The Balaban J connectivity index is 0.000000698. The summed E-state index contributed by atoms with van der Waals surface area (Å²) in [5.41, 5.74) is 1.86. The first-order valence-corrected chi connectivity index (χ1v) is 14.7. The summed E-state index contributed by atoms with van der Waals surface area (Å²) in [5, 5.41) is 17.4. The van der Waals surface area contributed by atoms with E-state index in [1.807, 2.05) is 42.9 Å². The minimum Gasteiger partial charge on any atom is -0.475 e. The quantitative estimate of drug-likeness (QED) is 0.168. The summed E-state index contributed by atoms with van der Waals surface area (Å²) < 4.78 is 36.9. The number of rotatable bonds is 10. The normalized spacial score (nSPS) is 11.2. The number of halogens is 3. The van der Waals surface area contributed by atoms with Gasteiger partial charge in [0.15, 0.2) is 5.82 Å². The number of amides is 3. The van der Waals surface area contributed by atoms with E-state index in [1.54, 1.807) is 72.5 Å². The average Bonchev–Trinajstić information content (AvgIpc) is 3.74. The lowest BCUT2D eigenvalue weighted by Gasteiger charge is -2.08. The zero-order valence-electron chi connectivity index (χ0n) is 26.9. The van der Waals surface area contributed by atoms with Crippen LogP contribution < -0.4 is 16.0 Å². The zero-order chi connectivity index (χ0) is 35.9. The number of imidazole rings is 1. The van der Waals surface area contributed by atoms with Crippen LogP contribution in [0.2, 0.25) is 0 Å². The van der Waals surface area contributed by atoms with Crippen LogP contribution in [-0.4, -0.2) is 84.2 Å². The minimum absolute atomic E-state index is 0.273. The Morgan fingerprint density at radius 2 is 1.37 bits per heavy atom. The monoisotopic (exact) mass is 681 g/mol. The number of carbonyl (C=O) groups is 4. The van der Waals surface area contributed by atoms with Gasteiger partial charge in [-0.3, -0.25) is 19.4 Å². The predicted molar refractivity (Wildman–Crippen MR) is 176 cm³/mol. The molecular formula is C32H34F3N9O5. The van der Waals surface area contributed by atoms with E-state index in [9.17, 15) is 27.6 Å². The lowest BCUT2D eigenvalue weighted by atomic mass is 10.1. The number of nitrogens with zero attached hydrogens (tertiary/aromatic N) is 6. The van der Waals surface area contributed by atoms with Crippen molar-refractivity contribution in [3.63, 3.8) is 0 Å². The lowest BCUT2D eigenvalue weighted by molar-refractivity contribution is -0.192. The number of hydrogen-bond donors (Lipinski definition) is 4. The number of carbonyl (C=O) groups excluding carboxylic acids is 3. The van der Waals surface area contributed by atoms with Crippen molar-refractivity contribution in [2.75, 3.05) is 36.6 Å². The molecule has 0 saturated carbocycles. The molecule has 14 nitrogen and oxygen atoms in total. The maximum absolute atomic E-state index is 13.1. The molecule has 0 atom stereocenters. The first-order valence-electron chi connectivity index (χ1n) is 14.7. The Kier molecular flexibility index (Phi) is 11.2. The Hall–Kier alpha value is -5.97. The largest absolute Gasteiger partial charge is 0.490 e. The van der Waals surface area contributed by atoms with E-state index >= 15 is 0 Å². The zero-order valence-corrected chi connectivity index (χ0v) is 26.9. The fourth-order valence-electron chi connectivity index (χ4n) is 4.61. The van der Waals surface area contributed by atoms with Gasteiger partial charge in [0, 0.05) is 50.8 Å². The summed E-state index contributed by atoms with van der Waals surface area (Å²) >= 11 is 0. The maximum atomic E-state index is 13.1. The fraction of sp³-hybridized carbons (Fsp3) is 0.250. The Morgan fingerprint density at radius 3 is 1.94 bits per heavy atom. The summed E-state index contributed by atoms with van der Waals surface area (Å²) in [6.45, 7) is 1.76. The molecule has 0 fully saturated rings. The molecular weight excluding hydrogens is 647 g/mol. The molecule has 49 heavy (non-hydrogen) atoms. The Morgan fingerprint density at radius 1 is 0.816 bits per heavy atom. The Labute approximate surface area is 278 Å². The third kappa shape index (κ3) is 9.77. The highest BCUT2D eigenvalue weighted by atomic mass is 19.4. The number of alkyl halides is 3. The highest BCUT2D eigenvalue weighted by Gasteiger charge is 2.38. The molecule has 5 rings (SSSR count). The van der Waals surface area contributed by atoms with Gasteiger partial charge in [0.1, 0.15) is 17.1 Å². The molecule has 0 bridgehead atoms. The van der Waals surface area contributed by atoms with Crippen molar-refractivity contribution >= 4 is 51.7 Å². The highest BCUT2D eigenvalue weighted by molar-refractivity contribution is 6.08. The van der Waals surface area contributed by atoms with Gasteiger partial charge in [-0.05, 0) is 50.6 Å². The van der Waals surface area contributed by atoms with E-state index < -0.39 is 18.1 Å². The van der Waals surface area contributed by atoms with E-state index in [4.69, 9.17) is 9.90 Å². The number of benzene rings is 1. The number of nitrogens with one attached hydrogen (secondary N) is 3. The number of carboxylic acids is 1. The van der Waals surface area contributed by atoms with Crippen molar-refractivity contribution in [2.24, 2.45) is 14.1 Å². The molecule has 4 N–H and O–H groups in total. The van der Waals surface area contributed by atoms with Crippen LogP contribution in [0, 0.1) is 0 Å². The number of carboxylic acid groups (broad SMARTS) is 1. The van der Waals surface area contributed by atoms with Gasteiger partial charge in [0.25, 0.3) is 17.7 Å². The third-order valence-corrected chi connectivity index (χ3v) is 6.99. The second-order valence-corrected chi connectivity index (χ2v) is 11.2. The molecule has 258 valence electrons. The molecule has 0 unspecified atom stereocenters. The predicted octanol–water partition coefficient (Wildman–Crippen LogP) is 4.45. The highest BCUT2D eigenvalue weighted by Crippen LogP contribution is 2.20. The molecule has 5 aromatic rings. The van der Waals surface area contributed by atoms with E-state index in [1.165, 1.54) is 0 Å². The molecule has 1 aromatic carbocycles. The van der Waals surface area contributed by atoms with Gasteiger partial charge >= 0.3 is 12.1 Å².